The second-order valence-electron chi connectivity index (χ2n) is 5.73. The molecule has 3 N–H and O–H groups in total. The first-order valence-corrected chi connectivity index (χ1v) is 8.45. The Bertz CT molecular complexity index is 472. The summed E-state index contributed by atoms with van der Waals surface area (Å²) >= 11 is 0. The molecule has 1 heterocycles. The van der Waals surface area contributed by atoms with Crippen LogP contribution in [0.4, 0.5) is 11.5 Å². The van der Waals surface area contributed by atoms with Gasteiger partial charge in [-0.3, -0.25) is 0 Å². The van der Waals surface area contributed by atoms with Crippen molar-refractivity contribution in [2.24, 2.45) is 0 Å². The van der Waals surface area contributed by atoms with E-state index in [4.69, 9.17) is 10.5 Å². The highest BCUT2D eigenvalue weighted by molar-refractivity contribution is 5.67. The van der Waals surface area contributed by atoms with E-state index in [9.17, 15) is 0 Å². The van der Waals surface area contributed by atoms with Crippen molar-refractivity contribution >= 4 is 11.5 Å². The molecule has 22 heavy (non-hydrogen) atoms. The highest BCUT2D eigenvalue weighted by Crippen LogP contribution is 2.40. The summed E-state index contributed by atoms with van der Waals surface area (Å²) in [7, 11) is 0. The number of nitrogens with one attached hydrogen (secondary N) is 1. The zero-order chi connectivity index (χ0) is 15.9. The van der Waals surface area contributed by atoms with Crippen molar-refractivity contribution in [1.82, 2.24) is 14.9 Å². The summed E-state index contributed by atoms with van der Waals surface area (Å²) in [5.41, 5.74) is 6.69. The van der Waals surface area contributed by atoms with E-state index in [2.05, 4.69) is 41.0 Å². The number of likely N-dealkylation sites (N-methyl/N-ethyl adjacent to an activating group) is 1. The van der Waals surface area contributed by atoms with Gasteiger partial charge in [-0.2, -0.15) is 4.98 Å². The van der Waals surface area contributed by atoms with Gasteiger partial charge in [0.25, 0.3) is 0 Å². The Morgan fingerprint density at radius 2 is 1.95 bits per heavy atom. The van der Waals surface area contributed by atoms with Crippen LogP contribution < -0.4 is 15.8 Å². The first-order valence-electron chi connectivity index (χ1n) is 8.45. The average molecular weight is 307 g/mol. The summed E-state index contributed by atoms with van der Waals surface area (Å²) in [6.07, 6.45) is 3.26. The first kappa shape index (κ1) is 16.8. The topological polar surface area (TPSA) is 76.3 Å². The molecule has 0 radical (unpaired) electrons. The van der Waals surface area contributed by atoms with Gasteiger partial charge in [0.05, 0.1) is 6.61 Å². The lowest BCUT2D eigenvalue weighted by molar-refractivity contribution is 0.305. The summed E-state index contributed by atoms with van der Waals surface area (Å²) in [6, 6.07) is 0. The van der Waals surface area contributed by atoms with E-state index in [-0.39, 0.29) is 0 Å². The number of aromatic nitrogens is 2. The summed E-state index contributed by atoms with van der Waals surface area (Å²) in [4.78, 5) is 11.5. The third-order valence-electron chi connectivity index (χ3n) is 3.93. The van der Waals surface area contributed by atoms with Gasteiger partial charge in [-0.15, -0.1) is 0 Å². The summed E-state index contributed by atoms with van der Waals surface area (Å²) in [6.45, 7) is 10.9. The predicted molar refractivity (Wildman–Crippen MR) is 90.5 cm³/mol. The fourth-order valence-corrected chi connectivity index (χ4v) is 2.31. The molecular weight excluding hydrogens is 278 g/mol. The fraction of sp³-hybridized carbons (Fsp3) is 0.750. The van der Waals surface area contributed by atoms with Gasteiger partial charge in [0.2, 0.25) is 5.88 Å². The van der Waals surface area contributed by atoms with E-state index in [0.717, 1.165) is 57.1 Å². The Balaban J connectivity index is 2.05. The van der Waals surface area contributed by atoms with Gasteiger partial charge in [-0.25, -0.2) is 4.98 Å². The van der Waals surface area contributed by atoms with Crippen LogP contribution in [0.15, 0.2) is 0 Å². The number of hydrogen-bond donors (Lipinski definition) is 2. The van der Waals surface area contributed by atoms with Crippen molar-refractivity contribution in [2.45, 2.75) is 46.0 Å². The second-order valence-corrected chi connectivity index (χ2v) is 5.73. The maximum atomic E-state index is 6.17. The molecular formula is C16H29N5O. The van der Waals surface area contributed by atoms with Crippen LogP contribution >= 0.6 is 0 Å². The molecule has 1 fully saturated rings. The maximum absolute atomic E-state index is 6.17. The molecule has 1 aromatic heterocycles. The zero-order valence-electron chi connectivity index (χ0n) is 14.1. The van der Waals surface area contributed by atoms with E-state index in [1.807, 2.05) is 0 Å². The van der Waals surface area contributed by atoms with Crippen LogP contribution in [-0.4, -0.2) is 47.7 Å². The number of ether oxygens (including phenoxy) is 1. The minimum atomic E-state index is 0.480. The molecule has 1 aliphatic carbocycles. The van der Waals surface area contributed by atoms with E-state index >= 15 is 0 Å². The minimum absolute atomic E-state index is 0.480. The Labute approximate surface area is 133 Å². The van der Waals surface area contributed by atoms with Crippen LogP contribution in [0.1, 0.15) is 51.8 Å². The molecule has 2 rings (SSSR count). The average Bonchev–Trinajstić information content (AvgIpc) is 3.36. The number of nitrogens with two attached hydrogens (primary N) is 1. The van der Waals surface area contributed by atoms with Gasteiger partial charge in [0.15, 0.2) is 5.82 Å². The van der Waals surface area contributed by atoms with E-state index in [1.165, 1.54) is 0 Å². The van der Waals surface area contributed by atoms with Gasteiger partial charge in [0, 0.05) is 19.0 Å². The zero-order valence-corrected chi connectivity index (χ0v) is 14.1. The minimum Gasteiger partial charge on any atom is -0.476 e. The molecule has 124 valence electrons. The Kier molecular flexibility index (Phi) is 6.24. The number of nitrogens with zero attached hydrogens (tertiary/aromatic N) is 3. The van der Waals surface area contributed by atoms with Gasteiger partial charge in [-0.1, -0.05) is 20.8 Å². The lowest BCUT2D eigenvalue weighted by atomic mass is 10.3. The van der Waals surface area contributed by atoms with Crippen LogP contribution in [-0.2, 0) is 0 Å². The monoisotopic (exact) mass is 307 g/mol. The summed E-state index contributed by atoms with van der Waals surface area (Å²) in [5.74, 6) is 2.60. The molecule has 0 atom stereocenters. The number of rotatable bonds is 10. The third-order valence-corrected chi connectivity index (χ3v) is 3.93. The van der Waals surface area contributed by atoms with Crippen LogP contribution in [0.5, 0.6) is 5.88 Å². The van der Waals surface area contributed by atoms with Crippen LogP contribution in [0.2, 0.25) is 0 Å². The third kappa shape index (κ3) is 4.47. The quantitative estimate of drug-likeness (QED) is 0.691. The smallest absolute Gasteiger partial charge is 0.242 e. The Morgan fingerprint density at radius 1 is 1.23 bits per heavy atom. The van der Waals surface area contributed by atoms with E-state index in [1.54, 1.807) is 0 Å². The van der Waals surface area contributed by atoms with Gasteiger partial charge >= 0.3 is 0 Å². The molecule has 0 amide bonds. The molecule has 0 bridgehead atoms. The molecule has 0 aliphatic heterocycles. The van der Waals surface area contributed by atoms with Crippen molar-refractivity contribution in [3.8, 4) is 5.88 Å². The number of nitrogen functional groups attached to an aromatic ring is 1. The molecule has 0 saturated heterocycles. The van der Waals surface area contributed by atoms with Crippen molar-refractivity contribution in [2.75, 3.05) is 43.8 Å². The predicted octanol–water partition coefficient (Wildman–Crippen LogP) is 2.48. The molecule has 0 aromatic carbocycles. The van der Waals surface area contributed by atoms with Crippen LogP contribution in [0.3, 0.4) is 0 Å². The van der Waals surface area contributed by atoms with E-state index in [0.29, 0.717) is 24.1 Å². The number of anilines is 2. The molecule has 1 aromatic rings. The fourth-order valence-electron chi connectivity index (χ4n) is 2.31. The molecule has 1 saturated carbocycles. The lowest BCUT2D eigenvalue weighted by Crippen LogP contribution is -2.29. The van der Waals surface area contributed by atoms with Crippen molar-refractivity contribution in [3.63, 3.8) is 0 Å². The highest BCUT2D eigenvalue weighted by Gasteiger charge is 2.28. The molecule has 6 heteroatoms. The van der Waals surface area contributed by atoms with Crippen LogP contribution in [0.25, 0.3) is 0 Å². The summed E-state index contributed by atoms with van der Waals surface area (Å²) in [5, 5.41) is 3.35. The molecule has 0 unspecified atom stereocenters. The van der Waals surface area contributed by atoms with Crippen molar-refractivity contribution in [3.05, 3.63) is 5.82 Å². The van der Waals surface area contributed by atoms with Gasteiger partial charge < -0.3 is 20.7 Å². The highest BCUT2D eigenvalue weighted by atomic mass is 16.5. The van der Waals surface area contributed by atoms with Gasteiger partial charge in [-0.05, 0) is 32.4 Å². The first-order chi connectivity index (χ1) is 10.7. The van der Waals surface area contributed by atoms with Crippen molar-refractivity contribution in [1.29, 1.82) is 0 Å². The van der Waals surface area contributed by atoms with Crippen molar-refractivity contribution < 1.29 is 4.74 Å². The molecule has 0 spiro atoms. The SMILES string of the molecule is CCCOc1nc(C2CC2)nc(NCCN(CC)CC)c1N. The summed E-state index contributed by atoms with van der Waals surface area (Å²) < 4.78 is 5.69. The Hall–Kier alpha value is -1.56. The maximum Gasteiger partial charge on any atom is 0.242 e. The van der Waals surface area contributed by atoms with Crippen LogP contribution in [0, 0.1) is 0 Å². The number of hydrogen-bond acceptors (Lipinski definition) is 6. The largest absolute Gasteiger partial charge is 0.476 e. The van der Waals surface area contributed by atoms with E-state index < -0.39 is 0 Å². The van der Waals surface area contributed by atoms with Gasteiger partial charge in [0.1, 0.15) is 11.5 Å². The second kappa shape index (κ2) is 8.17. The molecule has 6 nitrogen and oxygen atoms in total. The normalized spacial score (nSPS) is 14.4. The lowest BCUT2D eigenvalue weighted by Gasteiger charge is -2.19. The Morgan fingerprint density at radius 3 is 2.55 bits per heavy atom. The molecule has 1 aliphatic rings. The standard InChI is InChI=1S/C16H29N5O/c1-4-11-22-16-13(17)15(18-9-10-21(5-2)6-3)19-14(20-16)12-7-8-12/h12H,4-11,17H2,1-3H3,(H,18,19,20).